The number of carbonyl (C=O) groups is 1. The van der Waals surface area contributed by atoms with Crippen LogP contribution in [0.3, 0.4) is 0 Å². The summed E-state index contributed by atoms with van der Waals surface area (Å²) in [7, 11) is 0. The third-order valence-electron chi connectivity index (χ3n) is 3.32. The Labute approximate surface area is 106 Å². The van der Waals surface area contributed by atoms with Gasteiger partial charge in [-0.15, -0.1) is 11.3 Å². The Hall–Kier alpha value is -0.870. The number of carboxylic acids is 1. The highest BCUT2D eigenvalue weighted by Crippen LogP contribution is 2.30. The second kappa shape index (κ2) is 6.17. The molecule has 0 spiro atoms. The van der Waals surface area contributed by atoms with Gasteiger partial charge in [-0.25, -0.2) is 0 Å². The third-order valence-corrected chi connectivity index (χ3v) is 4.29. The molecule has 4 heteroatoms. The van der Waals surface area contributed by atoms with Gasteiger partial charge in [0.1, 0.15) is 0 Å². The van der Waals surface area contributed by atoms with Crippen LogP contribution in [0.5, 0.6) is 0 Å². The van der Waals surface area contributed by atoms with E-state index in [0.717, 1.165) is 13.1 Å². The maximum absolute atomic E-state index is 11.0. The minimum atomic E-state index is -0.701. The number of hydrogen-bond donors (Lipinski definition) is 1. The first-order valence-corrected chi connectivity index (χ1v) is 7.14. The molecule has 0 radical (unpaired) electrons. The van der Waals surface area contributed by atoms with Crippen LogP contribution in [0.1, 0.15) is 43.0 Å². The zero-order valence-electron chi connectivity index (χ0n) is 9.97. The lowest BCUT2D eigenvalue weighted by Crippen LogP contribution is -2.30. The van der Waals surface area contributed by atoms with E-state index >= 15 is 0 Å². The summed E-state index contributed by atoms with van der Waals surface area (Å²) in [5, 5.41) is 11.1. The monoisotopic (exact) mass is 253 g/mol. The number of rotatable bonds is 4. The smallest absolute Gasteiger partial charge is 0.305 e. The molecule has 0 amide bonds. The standard InChI is InChI=1S/C13H19NO2S/c15-13(16)10-11(12-6-5-9-17-12)14-7-3-1-2-4-8-14/h5-6,9,11H,1-4,7-8,10H2,(H,15,16). The first kappa shape index (κ1) is 12.6. The van der Waals surface area contributed by atoms with Gasteiger partial charge in [0.25, 0.3) is 0 Å². The van der Waals surface area contributed by atoms with Crippen LogP contribution in [-0.4, -0.2) is 29.1 Å². The zero-order valence-corrected chi connectivity index (χ0v) is 10.8. The van der Waals surface area contributed by atoms with Crippen molar-refractivity contribution in [2.45, 2.75) is 38.1 Å². The van der Waals surface area contributed by atoms with Crippen LogP contribution in [0.25, 0.3) is 0 Å². The van der Waals surface area contributed by atoms with Crippen LogP contribution >= 0.6 is 11.3 Å². The minimum absolute atomic E-state index is 0.0746. The molecule has 0 aliphatic carbocycles. The molecule has 94 valence electrons. The minimum Gasteiger partial charge on any atom is -0.481 e. The van der Waals surface area contributed by atoms with Gasteiger partial charge in [-0.3, -0.25) is 9.69 Å². The number of carboxylic acid groups (broad SMARTS) is 1. The first-order chi connectivity index (χ1) is 8.27. The molecular formula is C13H19NO2S. The molecule has 1 atom stereocenters. The van der Waals surface area contributed by atoms with Crippen molar-refractivity contribution in [3.05, 3.63) is 22.4 Å². The molecule has 17 heavy (non-hydrogen) atoms. The summed E-state index contributed by atoms with van der Waals surface area (Å²) >= 11 is 1.67. The predicted molar refractivity (Wildman–Crippen MR) is 69.4 cm³/mol. The van der Waals surface area contributed by atoms with E-state index in [1.807, 2.05) is 11.4 Å². The molecule has 1 aliphatic rings. The second-order valence-electron chi connectivity index (χ2n) is 4.58. The number of nitrogens with zero attached hydrogens (tertiary/aromatic N) is 1. The average Bonchev–Trinajstić information content (AvgIpc) is 2.68. The Balaban J connectivity index is 2.10. The van der Waals surface area contributed by atoms with Crippen LogP contribution in [0.2, 0.25) is 0 Å². The van der Waals surface area contributed by atoms with Gasteiger partial charge in [0, 0.05) is 4.88 Å². The molecular weight excluding hydrogens is 234 g/mol. The van der Waals surface area contributed by atoms with Crippen LogP contribution in [-0.2, 0) is 4.79 Å². The Bertz CT molecular complexity index is 342. The van der Waals surface area contributed by atoms with Gasteiger partial charge in [-0.05, 0) is 37.4 Å². The summed E-state index contributed by atoms with van der Waals surface area (Å²) in [6.45, 7) is 2.08. The van der Waals surface area contributed by atoms with E-state index in [2.05, 4.69) is 11.0 Å². The molecule has 1 aromatic rings. The Kier molecular flexibility index (Phi) is 4.57. The van der Waals surface area contributed by atoms with Crippen molar-refractivity contribution in [2.24, 2.45) is 0 Å². The quantitative estimate of drug-likeness (QED) is 0.896. The molecule has 3 nitrogen and oxygen atoms in total. The van der Waals surface area contributed by atoms with Crippen molar-refractivity contribution in [1.82, 2.24) is 4.90 Å². The maximum Gasteiger partial charge on any atom is 0.305 e. The summed E-state index contributed by atoms with van der Waals surface area (Å²) < 4.78 is 0. The SMILES string of the molecule is O=C(O)CC(c1cccs1)N1CCCCCC1. The molecule has 1 N–H and O–H groups in total. The molecule has 1 unspecified atom stereocenters. The number of thiophene rings is 1. The van der Waals surface area contributed by atoms with Gasteiger partial charge in [0.15, 0.2) is 0 Å². The predicted octanol–water partition coefficient (Wildman–Crippen LogP) is 3.14. The fourth-order valence-corrected chi connectivity index (χ4v) is 3.32. The summed E-state index contributed by atoms with van der Waals surface area (Å²) in [6.07, 6.45) is 5.17. The van der Waals surface area contributed by atoms with Crippen molar-refractivity contribution >= 4 is 17.3 Å². The fraction of sp³-hybridized carbons (Fsp3) is 0.615. The molecule has 1 fully saturated rings. The van der Waals surface area contributed by atoms with Crippen LogP contribution in [0.4, 0.5) is 0 Å². The largest absolute Gasteiger partial charge is 0.481 e. The topological polar surface area (TPSA) is 40.5 Å². The Morgan fingerprint density at radius 3 is 2.59 bits per heavy atom. The molecule has 1 aromatic heterocycles. The van der Waals surface area contributed by atoms with Crippen molar-refractivity contribution < 1.29 is 9.90 Å². The van der Waals surface area contributed by atoms with Gasteiger partial charge in [0.2, 0.25) is 0 Å². The molecule has 2 heterocycles. The van der Waals surface area contributed by atoms with Gasteiger partial charge in [-0.1, -0.05) is 18.9 Å². The van der Waals surface area contributed by atoms with Gasteiger partial charge in [0.05, 0.1) is 12.5 Å². The molecule has 0 saturated carbocycles. The van der Waals surface area contributed by atoms with Crippen molar-refractivity contribution in [2.75, 3.05) is 13.1 Å². The van der Waals surface area contributed by atoms with E-state index in [1.165, 1.54) is 30.6 Å². The van der Waals surface area contributed by atoms with E-state index in [9.17, 15) is 4.79 Å². The highest BCUT2D eigenvalue weighted by atomic mass is 32.1. The summed E-state index contributed by atoms with van der Waals surface area (Å²) in [6, 6.07) is 4.14. The Morgan fingerprint density at radius 2 is 2.06 bits per heavy atom. The van der Waals surface area contributed by atoms with Gasteiger partial charge in [-0.2, -0.15) is 0 Å². The lowest BCUT2D eigenvalue weighted by molar-refractivity contribution is -0.138. The molecule has 1 aliphatic heterocycles. The molecule has 0 bridgehead atoms. The molecule has 1 saturated heterocycles. The summed E-state index contributed by atoms with van der Waals surface area (Å²) in [5.41, 5.74) is 0. The van der Waals surface area contributed by atoms with Crippen molar-refractivity contribution in [3.8, 4) is 0 Å². The van der Waals surface area contributed by atoms with E-state index in [-0.39, 0.29) is 12.5 Å². The van der Waals surface area contributed by atoms with Gasteiger partial charge < -0.3 is 5.11 Å². The number of aliphatic carboxylic acids is 1. The fourth-order valence-electron chi connectivity index (χ4n) is 2.46. The first-order valence-electron chi connectivity index (χ1n) is 6.26. The van der Waals surface area contributed by atoms with E-state index in [1.54, 1.807) is 11.3 Å². The second-order valence-corrected chi connectivity index (χ2v) is 5.56. The molecule has 0 aromatic carbocycles. The van der Waals surface area contributed by atoms with Crippen molar-refractivity contribution in [1.29, 1.82) is 0 Å². The normalized spacial score (nSPS) is 19.8. The number of likely N-dealkylation sites (tertiary alicyclic amines) is 1. The third kappa shape index (κ3) is 3.54. The highest BCUT2D eigenvalue weighted by molar-refractivity contribution is 7.10. The lowest BCUT2D eigenvalue weighted by atomic mass is 10.1. The van der Waals surface area contributed by atoms with E-state index < -0.39 is 5.97 Å². The van der Waals surface area contributed by atoms with E-state index in [0.29, 0.717) is 0 Å². The Morgan fingerprint density at radius 1 is 1.35 bits per heavy atom. The summed E-state index contributed by atoms with van der Waals surface area (Å²) in [5.74, 6) is -0.701. The van der Waals surface area contributed by atoms with Gasteiger partial charge >= 0.3 is 5.97 Å². The van der Waals surface area contributed by atoms with Crippen LogP contribution in [0.15, 0.2) is 17.5 Å². The van der Waals surface area contributed by atoms with E-state index in [4.69, 9.17) is 5.11 Å². The number of hydrogen-bond acceptors (Lipinski definition) is 3. The highest BCUT2D eigenvalue weighted by Gasteiger charge is 2.24. The van der Waals surface area contributed by atoms with Crippen LogP contribution < -0.4 is 0 Å². The van der Waals surface area contributed by atoms with Crippen LogP contribution in [0, 0.1) is 0 Å². The molecule has 2 rings (SSSR count). The lowest BCUT2D eigenvalue weighted by Gasteiger charge is -2.28. The maximum atomic E-state index is 11.0. The van der Waals surface area contributed by atoms with Crippen molar-refractivity contribution in [3.63, 3.8) is 0 Å². The average molecular weight is 253 g/mol. The zero-order chi connectivity index (χ0) is 12.1. The summed E-state index contributed by atoms with van der Waals surface area (Å²) in [4.78, 5) is 14.6.